The van der Waals surface area contributed by atoms with Crippen LogP contribution in [0.5, 0.6) is 5.75 Å². The summed E-state index contributed by atoms with van der Waals surface area (Å²) in [6, 6.07) is 6.10. The number of rotatable bonds is 5. The molecule has 0 amide bonds. The predicted octanol–water partition coefficient (Wildman–Crippen LogP) is -2.26. The van der Waals surface area contributed by atoms with Crippen molar-refractivity contribution in [3.63, 3.8) is 0 Å². The number of hydrogen-bond acceptors (Lipinski definition) is 12. The SMILES string of the molecule is Cc1cc(=O)oc2cc(O[C@@H]3OC[C@@H](O[C@@H]4O[C@H](CO)[C@H](O)[C@H](O)[C@H]4O)[C@H](O)[C@H]3O)ccc12. The lowest BCUT2D eigenvalue weighted by Gasteiger charge is -2.43. The lowest BCUT2D eigenvalue weighted by Crippen LogP contribution is -2.62. The van der Waals surface area contributed by atoms with E-state index < -0.39 is 67.5 Å². The Morgan fingerprint density at radius 2 is 1.70 bits per heavy atom. The number of benzene rings is 1. The van der Waals surface area contributed by atoms with E-state index in [1.165, 1.54) is 12.1 Å². The van der Waals surface area contributed by atoms with Crippen LogP contribution in [0, 0.1) is 6.92 Å². The molecule has 9 atom stereocenters. The van der Waals surface area contributed by atoms with E-state index in [1.807, 2.05) is 0 Å². The van der Waals surface area contributed by atoms with Gasteiger partial charge in [-0.15, -0.1) is 0 Å². The zero-order valence-corrected chi connectivity index (χ0v) is 17.6. The maximum atomic E-state index is 11.6. The Morgan fingerprint density at radius 1 is 0.970 bits per heavy atom. The summed E-state index contributed by atoms with van der Waals surface area (Å²) in [6.07, 6.45) is -13.1. The second-order valence-electron chi connectivity index (χ2n) is 8.08. The van der Waals surface area contributed by atoms with Crippen molar-refractivity contribution in [2.75, 3.05) is 13.2 Å². The Balaban J connectivity index is 1.42. The fraction of sp³-hybridized carbons (Fsp3) is 0.571. The average molecular weight is 470 g/mol. The molecular formula is C21H26O12. The van der Waals surface area contributed by atoms with E-state index in [9.17, 15) is 35.4 Å². The van der Waals surface area contributed by atoms with Crippen LogP contribution >= 0.6 is 0 Å². The molecule has 12 nitrogen and oxygen atoms in total. The summed E-state index contributed by atoms with van der Waals surface area (Å²) in [5.74, 6) is 0.223. The van der Waals surface area contributed by atoms with Crippen molar-refractivity contribution < 1.29 is 54.0 Å². The van der Waals surface area contributed by atoms with Gasteiger partial charge in [-0.05, 0) is 24.6 Å². The van der Waals surface area contributed by atoms with E-state index in [4.69, 9.17) is 23.4 Å². The highest BCUT2D eigenvalue weighted by Crippen LogP contribution is 2.28. The third-order valence-electron chi connectivity index (χ3n) is 5.77. The zero-order valence-electron chi connectivity index (χ0n) is 17.6. The van der Waals surface area contributed by atoms with E-state index in [0.717, 1.165) is 5.56 Å². The molecule has 1 aromatic heterocycles. The van der Waals surface area contributed by atoms with Crippen LogP contribution in [0.1, 0.15) is 5.56 Å². The van der Waals surface area contributed by atoms with Crippen LogP contribution in [-0.4, -0.2) is 99.2 Å². The van der Waals surface area contributed by atoms with Gasteiger partial charge in [0.1, 0.15) is 54.1 Å². The third kappa shape index (κ3) is 4.75. The van der Waals surface area contributed by atoms with E-state index in [-0.39, 0.29) is 17.9 Å². The summed E-state index contributed by atoms with van der Waals surface area (Å²) in [4.78, 5) is 11.6. The maximum Gasteiger partial charge on any atom is 0.336 e. The van der Waals surface area contributed by atoms with Crippen LogP contribution in [-0.2, 0) is 14.2 Å². The number of hydrogen-bond donors (Lipinski definition) is 6. The van der Waals surface area contributed by atoms with Crippen LogP contribution in [0.15, 0.2) is 33.5 Å². The van der Waals surface area contributed by atoms with E-state index in [1.54, 1.807) is 19.1 Å². The highest BCUT2D eigenvalue weighted by molar-refractivity contribution is 5.81. The van der Waals surface area contributed by atoms with Gasteiger partial charge in [0.15, 0.2) is 6.29 Å². The topological polar surface area (TPSA) is 189 Å². The number of aliphatic hydroxyl groups excluding tert-OH is 6. The maximum absolute atomic E-state index is 11.6. The van der Waals surface area contributed by atoms with Gasteiger partial charge >= 0.3 is 5.63 Å². The summed E-state index contributed by atoms with van der Waals surface area (Å²) < 4.78 is 27.0. The molecule has 0 unspecified atom stereocenters. The average Bonchev–Trinajstić information content (AvgIpc) is 2.78. The van der Waals surface area contributed by atoms with Crippen LogP contribution in [0.2, 0.25) is 0 Å². The van der Waals surface area contributed by atoms with Crippen LogP contribution < -0.4 is 10.4 Å². The fourth-order valence-electron chi connectivity index (χ4n) is 3.86. The molecule has 1 aromatic carbocycles. The van der Waals surface area contributed by atoms with Crippen LogP contribution in [0.25, 0.3) is 11.0 Å². The number of fused-ring (bicyclic) bond motifs is 1. The molecule has 2 aliphatic heterocycles. The van der Waals surface area contributed by atoms with E-state index >= 15 is 0 Å². The van der Waals surface area contributed by atoms with Gasteiger partial charge in [-0.1, -0.05) is 0 Å². The molecule has 12 heteroatoms. The van der Waals surface area contributed by atoms with E-state index in [0.29, 0.717) is 5.39 Å². The number of aliphatic hydroxyl groups is 6. The molecule has 0 bridgehead atoms. The van der Waals surface area contributed by atoms with Crippen molar-refractivity contribution in [1.29, 1.82) is 0 Å². The largest absolute Gasteiger partial charge is 0.462 e. The quantitative estimate of drug-likeness (QED) is 0.258. The molecule has 0 saturated carbocycles. The van der Waals surface area contributed by atoms with E-state index in [2.05, 4.69) is 0 Å². The van der Waals surface area contributed by atoms with Gasteiger partial charge in [0.05, 0.1) is 13.2 Å². The molecule has 0 radical (unpaired) electrons. The molecule has 6 N–H and O–H groups in total. The third-order valence-corrected chi connectivity index (χ3v) is 5.77. The van der Waals surface area contributed by atoms with Crippen molar-refractivity contribution in [1.82, 2.24) is 0 Å². The Morgan fingerprint density at radius 3 is 2.42 bits per heavy atom. The van der Waals surface area contributed by atoms with Crippen LogP contribution in [0.4, 0.5) is 0 Å². The fourth-order valence-corrected chi connectivity index (χ4v) is 3.86. The summed E-state index contributed by atoms with van der Waals surface area (Å²) in [7, 11) is 0. The molecule has 2 aromatic rings. The summed E-state index contributed by atoms with van der Waals surface area (Å²) in [5, 5.41) is 60.7. The molecule has 2 aliphatic rings. The molecule has 2 saturated heterocycles. The second kappa shape index (κ2) is 9.62. The molecule has 2 fully saturated rings. The minimum atomic E-state index is -1.67. The molecule has 33 heavy (non-hydrogen) atoms. The monoisotopic (exact) mass is 470 g/mol. The summed E-state index contributed by atoms with van der Waals surface area (Å²) >= 11 is 0. The van der Waals surface area contributed by atoms with Crippen molar-refractivity contribution in [2.45, 2.75) is 62.2 Å². The highest BCUT2D eigenvalue weighted by atomic mass is 16.7. The lowest BCUT2D eigenvalue weighted by atomic mass is 9.99. The van der Waals surface area contributed by atoms with Gasteiger partial charge in [0.2, 0.25) is 6.29 Å². The number of aryl methyl sites for hydroxylation is 1. The smallest absolute Gasteiger partial charge is 0.336 e. The molecule has 0 spiro atoms. The first-order valence-corrected chi connectivity index (χ1v) is 10.3. The summed E-state index contributed by atoms with van der Waals surface area (Å²) in [5.41, 5.74) is 0.493. The Labute approximate surface area is 187 Å². The van der Waals surface area contributed by atoms with Gasteiger partial charge in [-0.3, -0.25) is 0 Å². The Bertz CT molecular complexity index is 1020. The molecule has 182 valence electrons. The Hall–Kier alpha value is -2.13. The van der Waals surface area contributed by atoms with Crippen molar-refractivity contribution in [3.8, 4) is 5.75 Å². The molecule has 0 aliphatic carbocycles. The van der Waals surface area contributed by atoms with Crippen molar-refractivity contribution in [3.05, 3.63) is 40.2 Å². The first kappa shape index (κ1) is 24.0. The second-order valence-corrected chi connectivity index (χ2v) is 8.08. The summed E-state index contributed by atoms with van der Waals surface area (Å²) in [6.45, 7) is 0.845. The minimum Gasteiger partial charge on any atom is -0.462 e. The van der Waals surface area contributed by atoms with Gasteiger partial charge in [0, 0.05) is 17.5 Å². The van der Waals surface area contributed by atoms with Gasteiger partial charge < -0.3 is 54.0 Å². The normalized spacial score (nSPS) is 37.2. The molecule has 4 rings (SSSR count). The van der Waals surface area contributed by atoms with Gasteiger partial charge in [-0.25, -0.2) is 4.79 Å². The van der Waals surface area contributed by atoms with Gasteiger partial charge in [0.25, 0.3) is 0 Å². The van der Waals surface area contributed by atoms with Crippen molar-refractivity contribution in [2.24, 2.45) is 0 Å². The molecular weight excluding hydrogens is 444 g/mol. The van der Waals surface area contributed by atoms with Gasteiger partial charge in [-0.2, -0.15) is 0 Å². The minimum absolute atomic E-state index is 0.223. The van der Waals surface area contributed by atoms with Crippen molar-refractivity contribution >= 4 is 11.0 Å². The predicted molar refractivity (Wildman–Crippen MR) is 108 cm³/mol. The molecule has 3 heterocycles. The first-order valence-electron chi connectivity index (χ1n) is 10.3. The standard InChI is InChI=1S/C21H26O12/c1-8-4-14(23)31-11-5-9(2-3-10(8)11)30-20-18(27)16(25)13(7-29-20)33-21-19(28)17(26)15(24)12(6-22)32-21/h2-5,12-13,15-22,24-28H,6-7H2,1H3/t12-,13-,15+,16+,17+,18-,19-,20+,21+/m1/s1. The lowest BCUT2D eigenvalue weighted by molar-refractivity contribution is -0.338. The number of ether oxygens (including phenoxy) is 4. The highest BCUT2D eigenvalue weighted by Gasteiger charge is 2.48. The zero-order chi connectivity index (χ0) is 23.9. The van der Waals surface area contributed by atoms with Crippen LogP contribution in [0.3, 0.4) is 0 Å². The Kier molecular flexibility index (Phi) is 7.00. The first-order chi connectivity index (χ1) is 15.7.